The zero-order valence-corrected chi connectivity index (χ0v) is 22.3. The number of nitrogens with zero attached hydrogens (tertiary/aromatic N) is 1. The quantitative estimate of drug-likeness (QED) is 0.332. The third-order valence-corrected chi connectivity index (χ3v) is 7.46. The lowest BCUT2D eigenvalue weighted by molar-refractivity contribution is -0.181. The van der Waals surface area contributed by atoms with Gasteiger partial charge in [-0.2, -0.15) is 0 Å². The normalized spacial score (nSPS) is 20.6. The van der Waals surface area contributed by atoms with Gasteiger partial charge < -0.3 is 15.4 Å². The summed E-state index contributed by atoms with van der Waals surface area (Å²) in [6.07, 6.45) is -0.475. The summed E-state index contributed by atoms with van der Waals surface area (Å²) in [5.74, 6) is -1.36. The number of hydrogen-bond donors (Lipinski definition) is 1. The Kier molecular flexibility index (Phi) is 8.75. The van der Waals surface area contributed by atoms with Crippen LogP contribution in [0.4, 0.5) is 4.39 Å². The van der Waals surface area contributed by atoms with Gasteiger partial charge in [-0.1, -0.05) is 78.5 Å². The second kappa shape index (κ2) is 11.8. The van der Waals surface area contributed by atoms with Gasteiger partial charge in [0.05, 0.1) is 16.1 Å². The Morgan fingerprint density at radius 3 is 2.24 bits per heavy atom. The first-order valence-corrected chi connectivity index (χ1v) is 13.0. The molecule has 2 N–H and O–H groups in total. The first-order chi connectivity index (χ1) is 17.7. The summed E-state index contributed by atoms with van der Waals surface area (Å²) >= 11 is 18.7. The largest absolute Gasteiger partial charge is 0.368 e. The Morgan fingerprint density at radius 2 is 1.65 bits per heavy atom. The summed E-state index contributed by atoms with van der Waals surface area (Å²) < 4.78 is 20.0. The van der Waals surface area contributed by atoms with E-state index < -0.39 is 30.2 Å². The number of hydrogen-bond acceptors (Lipinski definition) is 3. The number of amides is 2. The summed E-state index contributed by atoms with van der Waals surface area (Å²) in [7, 11) is 0. The van der Waals surface area contributed by atoms with Crippen molar-refractivity contribution in [1.82, 2.24) is 4.90 Å². The molecule has 4 rings (SSSR count). The number of carbonyl (C=O) groups excluding carboxylic acids is 2. The highest BCUT2D eigenvalue weighted by atomic mass is 35.5. The summed E-state index contributed by atoms with van der Waals surface area (Å²) in [6, 6.07) is 16.5. The van der Waals surface area contributed by atoms with Gasteiger partial charge >= 0.3 is 0 Å². The minimum absolute atomic E-state index is 0.179. The molecule has 0 aliphatic carbocycles. The van der Waals surface area contributed by atoms with Gasteiger partial charge in [0.15, 0.2) is 0 Å². The maximum Gasteiger partial charge on any atom is 0.253 e. The number of halogens is 4. The maximum absolute atomic E-state index is 14.0. The fourth-order valence-electron chi connectivity index (χ4n) is 4.71. The number of morpholine rings is 1. The minimum Gasteiger partial charge on any atom is -0.368 e. The molecule has 1 unspecified atom stereocenters. The van der Waals surface area contributed by atoms with Crippen molar-refractivity contribution in [3.63, 3.8) is 0 Å². The van der Waals surface area contributed by atoms with Gasteiger partial charge in [-0.05, 0) is 59.5 Å². The van der Waals surface area contributed by atoms with E-state index in [4.69, 9.17) is 45.3 Å². The molecule has 194 valence electrons. The summed E-state index contributed by atoms with van der Waals surface area (Å²) in [5, 5.41) is 1.23. The molecular formula is C28H26Cl3FN2O3. The molecule has 5 nitrogen and oxygen atoms in total. The fourth-order valence-corrected chi connectivity index (χ4v) is 5.15. The molecule has 1 aliphatic heterocycles. The van der Waals surface area contributed by atoms with E-state index in [-0.39, 0.29) is 18.1 Å². The molecule has 0 saturated carbocycles. The van der Waals surface area contributed by atoms with Crippen LogP contribution in [0.25, 0.3) is 0 Å². The molecule has 9 heteroatoms. The molecule has 2 amide bonds. The smallest absolute Gasteiger partial charge is 0.253 e. The Labute approximate surface area is 230 Å². The van der Waals surface area contributed by atoms with Crippen LogP contribution in [0.1, 0.15) is 48.6 Å². The first kappa shape index (κ1) is 27.4. The van der Waals surface area contributed by atoms with Crippen LogP contribution in [0, 0.1) is 5.82 Å². The Hall–Kier alpha value is -2.64. The molecule has 0 spiro atoms. The lowest BCUT2D eigenvalue weighted by Gasteiger charge is -2.47. The van der Waals surface area contributed by atoms with Crippen LogP contribution in [-0.2, 0) is 20.7 Å². The second-order valence-electron chi connectivity index (χ2n) is 9.00. The van der Waals surface area contributed by atoms with Crippen LogP contribution in [0.2, 0.25) is 15.1 Å². The fraction of sp³-hybridized carbons (Fsp3) is 0.286. The standard InChI is InChI=1S/C28H26Cl3FN2O3/c1-2-3-23(27(33)35)34-25(17-6-9-19(29)10-7-17)26(18-8-13-21(30)22(31)15-18)37-24(28(34)36)14-16-4-11-20(32)12-5-16/h4-13,15,23-26H,2-3,14H2,1H3,(H2,33,35)/t23?,24-,25-,26+/m0/s1. The molecular weight excluding hydrogens is 538 g/mol. The van der Waals surface area contributed by atoms with Gasteiger partial charge in [0.1, 0.15) is 24.1 Å². The molecule has 3 aromatic rings. The lowest BCUT2D eigenvalue weighted by Crippen LogP contribution is -2.58. The van der Waals surface area contributed by atoms with E-state index in [2.05, 4.69) is 0 Å². The lowest BCUT2D eigenvalue weighted by atomic mass is 9.88. The Bertz CT molecular complexity index is 1270. The van der Waals surface area contributed by atoms with Crippen LogP contribution in [0.5, 0.6) is 0 Å². The monoisotopic (exact) mass is 562 g/mol. The second-order valence-corrected chi connectivity index (χ2v) is 10.2. The van der Waals surface area contributed by atoms with E-state index in [1.807, 2.05) is 6.92 Å². The summed E-state index contributed by atoms with van der Waals surface area (Å²) in [4.78, 5) is 28.2. The average molecular weight is 564 g/mol. The highest BCUT2D eigenvalue weighted by molar-refractivity contribution is 6.42. The molecule has 37 heavy (non-hydrogen) atoms. The number of primary amides is 1. The van der Waals surface area contributed by atoms with Crippen molar-refractivity contribution in [2.45, 2.75) is 50.5 Å². The van der Waals surface area contributed by atoms with E-state index in [1.54, 1.807) is 59.5 Å². The van der Waals surface area contributed by atoms with Crippen LogP contribution in [0.3, 0.4) is 0 Å². The van der Waals surface area contributed by atoms with E-state index in [1.165, 1.54) is 12.1 Å². The molecule has 1 aliphatic rings. The van der Waals surface area contributed by atoms with E-state index in [0.717, 1.165) is 5.56 Å². The third kappa shape index (κ3) is 6.10. The predicted molar refractivity (Wildman–Crippen MR) is 143 cm³/mol. The van der Waals surface area contributed by atoms with Crippen molar-refractivity contribution in [3.05, 3.63) is 104 Å². The molecule has 3 aromatic carbocycles. The molecule has 0 radical (unpaired) electrons. The number of ether oxygens (including phenoxy) is 1. The van der Waals surface area contributed by atoms with Crippen LogP contribution < -0.4 is 5.73 Å². The summed E-state index contributed by atoms with van der Waals surface area (Å²) in [6.45, 7) is 1.92. The van der Waals surface area contributed by atoms with Crippen molar-refractivity contribution >= 4 is 46.6 Å². The number of carbonyl (C=O) groups is 2. The van der Waals surface area contributed by atoms with Crippen molar-refractivity contribution in [2.75, 3.05) is 0 Å². The van der Waals surface area contributed by atoms with Gasteiger partial charge in [0, 0.05) is 11.4 Å². The van der Waals surface area contributed by atoms with E-state index >= 15 is 0 Å². The average Bonchev–Trinajstić information content (AvgIpc) is 2.87. The third-order valence-electron chi connectivity index (χ3n) is 6.47. The molecule has 1 heterocycles. The molecule has 0 bridgehead atoms. The predicted octanol–water partition coefficient (Wildman–Crippen LogP) is 6.69. The molecule has 1 fully saturated rings. The zero-order valence-electron chi connectivity index (χ0n) is 20.0. The van der Waals surface area contributed by atoms with Crippen molar-refractivity contribution in [1.29, 1.82) is 0 Å². The van der Waals surface area contributed by atoms with Crippen LogP contribution in [-0.4, -0.2) is 28.9 Å². The van der Waals surface area contributed by atoms with E-state index in [0.29, 0.717) is 39.0 Å². The molecule has 1 saturated heterocycles. The van der Waals surface area contributed by atoms with Gasteiger partial charge in [-0.3, -0.25) is 9.59 Å². The van der Waals surface area contributed by atoms with Crippen LogP contribution >= 0.6 is 34.8 Å². The van der Waals surface area contributed by atoms with Gasteiger partial charge in [-0.25, -0.2) is 4.39 Å². The van der Waals surface area contributed by atoms with Gasteiger partial charge in [0.25, 0.3) is 5.91 Å². The minimum atomic E-state index is -0.952. The SMILES string of the molecule is CCCC(C(N)=O)N1C(=O)[C@H](Cc2ccc(F)cc2)O[C@H](c2ccc(Cl)c(Cl)c2)[C@@H]1c1ccc(Cl)cc1. The number of nitrogens with two attached hydrogens (primary N) is 1. The Balaban J connectivity index is 1.87. The molecule has 0 aromatic heterocycles. The highest BCUT2D eigenvalue weighted by Gasteiger charge is 2.48. The highest BCUT2D eigenvalue weighted by Crippen LogP contribution is 2.45. The van der Waals surface area contributed by atoms with Crippen molar-refractivity contribution in [2.24, 2.45) is 5.73 Å². The zero-order chi connectivity index (χ0) is 26.7. The maximum atomic E-state index is 14.0. The number of benzene rings is 3. The van der Waals surface area contributed by atoms with Gasteiger partial charge in [0.2, 0.25) is 5.91 Å². The van der Waals surface area contributed by atoms with Crippen LogP contribution in [0.15, 0.2) is 66.7 Å². The Morgan fingerprint density at radius 1 is 1.00 bits per heavy atom. The summed E-state index contributed by atoms with van der Waals surface area (Å²) in [5.41, 5.74) is 7.96. The first-order valence-electron chi connectivity index (χ1n) is 11.9. The van der Waals surface area contributed by atoms with Crippen molar-refractivity contribution in [3.8, 4) is 0 Å². The van der Waals surface area contributed by atoms with Gasteiger partial charge in [-0.15, -0.1) is 0 Å². The number of rotatable bonds is 8. The van der Waals surface area contributed by atoms with E-state index in [9.17, 15) is 14.0 Å². The van der Waals surface area contributed by atoms with Crippen molar-refractivity contribution < 1.29 is 18.7 Å². The molecule has 4 atom stereocenters. The topological polar surface area (TPSA) is 72.6 Å².